The lowest BCUT2D eigenvalue weighted by atomic mass is 10.0. The van der Waals surface area contributed by atoms with Crippen LogP contribution >= 0.6 is 15.9 Å². The SMILES string of the molecule is O=C(C#CBr)NC1CCN(Cc2ccccc2)CC1. The first-order valence-electron chi connectivity index (χ1n) is 6.46. The maximum atomic E-state index is 11.4. The predicted octanol–water partition coefficient (Wildman–Crippen LogP) is 2.12. The highest BCUT2D eigenvalue weighted by Crippen LogP contribution is 2.13. The quantitative estimate of drug-likeness (QED) is 0.865. The van der Waals surface area contributed by atoms with Crippen LogP contribution in [-0.2, 0) is 11.3 Å². The number of amides is 1. The van der Waals surface area contributed by atoms with Crippen molar-refractivity contribution in [2.45, 2.75) is 25.4 Å². The van der Waals surface area contributed by atoms with Crippen molar-refractivity contribution >= 4 is 21.8 Å². The van der Waals surface area contributed by atoms with E-state index in [2.05, 4.69) is 61.2 Å². The summed E-state index contributed by atoms with van der Waals surface area (Å²) < 4.78 is 0. The van der Waals surface area contributed by atoms with E-state index in [4.69, 9.17) is 0 Å². The van der Waals surface area contributed by atoms with Crippen LogP contribution in [0, 0.1) is 10.8 Å². The normalized spacial score (nSPS) is 16.5. The van der Waals surface area contributed by atoms with Crippen LogP contribution in [-0.4, -0.2) is 29.9 Å². The van der Waals surface area contributed by atoms with E-state index >= 15 is 0 Å². The number of nitrogens with zero attached hydrogens (tertiary/aromatic N) is 1. The van der Waals surface area contributed by atoms with Crippen molar-refractivity contribution in [2.24, 2.45) is 0 Å². The van der Waals surface area contributed by atoms with Gasteiger partial charge in [-0.05, 0) is 23.2 Å². The van der Waals surface area contributed by atoms with E-state index in [1.165, 1.54) is 5.56 Å². The molecule has 0 spiro atoms. The maximum absolute atomic E-state index is 11.4. The summed E-state index contributed by atoms with van der Waals surface area (Å²) in [6.07, 6.45) is 1.98. The Morgan fingerprint density at radius 1 is 1.32 bits per heavy atom. The Morgan fingerprint density at radius 3 is 2.63 bits per heavy atom. The van der Waals surface area contributed by atoms with Gasteiger partial charge in [0.15, 0.2) is 0 Å². The van der Waals surface area contributed by atoms with Crippen molar-refractivity contribution < 1.29 is 4.79 Å². The largest absolute Gasteiger partial charge is 0.342 e. The molecule has 0 radical (unpaired) electrons. The zero-order chi connectivity index (χ0) is 13.5. The fourth-order valence-corrected chi connectivity index (χ4v) is 2.52. The monoisotopic (exact) mass is 320 g/mol. The van der Waals surface area contributed by atoms with Gasteiger partial charge in [0.05, 0.1) is 0 Å². The van der Waals surface area contributed by atoms with Crippen molar-refractivity contribution in [3.63, 3.8) is 0 Å². The van der Waals surface area contributed by atoms with Gasteiger partial charge in [0.1, 0.15) is 0 Å². The number of hydrogen-bond acceptors (Lipinski definition) is 2. The molecule has 0 atom stereocenters. The Balaban J connectivity index is 1.76. The molecule has 1 N–H and O–H groups in total. The van der Waals surface area contributed by atoms with Gasteiger partial charge in [-0.15, -0.1) is 0 Å². The number of carbonyl (C=O) groups excluding carboxylic acids is 1. The molecule has 2 rings (SSSR count). The van der Waals surface area contributed by atoms with Crippen LogP contribution in [0.3, 0.4) is 0 Å². The predicted molar refractivity (Wildman–Crippen MR) is 79.6 cm³/mol. The van der Waals surface area contributed by atoms with Gasteiger partial charge in [0, 0.05) is 47.5 Å². The van der Waals surface area contributed by atoms with Gasteiger partial charge in [0.2, 0.25) is 0 Å². The number of halogens is 1. The number of hydrogen-bond donors (Lipinski definition) is 1. The van der Waals surface area contributed by atoms with Crippen molar-refractivity contribution in [3.05, 3.63) is 35.9 Å². The molecule has 3 nitrogen and oxygen atoms in total. The molecular weight excluding hydrogens is 304 g/mol. The molecule has 1 aliphatic rings. The third-order valence-corrected chi connectivity index (χ3v) is 3.53. The molecule has 100 valence electrons. The summed E-state index contributed by atoms with van der Waals surface area (Å²) in [5, 5.41) is 2.93. The Hall–Kier alpha value is -1.31. The van der Waals surface area contributed by atoms with Crippen LogP contribution < -0.4 is 5.32 Å². The van der Waals surface area contributed by atoms with Gasteiger partial charge in [-0.3, -0.25) is 9.69 Å². The summed E-state index contributed by atoms with van der Waals surface area (Å²) in [5.74, 6) is 2.25. The average molecular weight is 321 g/mol. The lowest BCUT2D eigenvalue weighted by Gasteiger charge is -2.31. The van der Waals surface area contributed by atoms with Crippen molar-refractivity contribution in [1.29, 1.82) is 0 Å². The van der Waals surface area contributed by atoms with E-state index < -0.39 is 0 Å². The van der Waals surface area contributed by atoms with Crippen molar-refractivity contribution in [2.75, 3.05) is 13.1 Å². The lowest BCUT2D eigenvalue weighted by molar-refractivity contribution is -0.116. The van der Waals surface area contributed by atoms with E-state index in [1.54, 1.807) is 0 Å². The first-order chi connectivity index (χ1) is 9.28. The molecule has 0 saturated carbocycles. The fourth-order valence-electron chi connectivity index (χ4n) is 2.34. The topological polar surface area (TPSA) is 32.3 Å². The molecule has 0 aromatic heterocycles. The Kier molecular flexibility index (Phi) is 5.44. The zero-order valence-electron chi connectivity index (χ0n) is 10.7. The molecule has 1 fully saturated rings. The molecule has 4 heteroatoms. The zero-order valence-corrected chi connectivity index (χ0v) is 12.3. The van der Waals surface area contributed by atoms with Crippen LogP contribution in [0.4, 0.5) is 0 Å². The summed E-state index contributed by atoms with van der Waals surface area (Å²) in [4.78, 5) is 16.2. The van der Waals surface area contributed by atoms with Crippen LogP contribution in [0.5, 0.6) is 0 Å². The summed E-state index contributed by atoms with van der Waals surface area (Å²) in [5.41, 5.74) is 1.34. The van der Waals surface area contributed by atoms with Crippen LogP contribution in [0.2, 0.25) is 0 Å². The number of carbonyl (C=O) groups is 1. The first kappa shape index (κ1) is 14.1. The van der Waals surface area contributed by atoms with E-state index in [-0.39, 0.29) is 11.9 Å². The second-order valence-corrected chi connectivity index (χ2v) is 5.13. The molecule has 1 aromatic rings. The minimum atomic E-state index is -0.196. The number of nitrogens with one attached hydrogen (secondary N) is 1. The van der Waals surface area contributed by atoms with E-state index in [9.17, 15) is 4.79 Å². The number of benzene rings is 1. The van der Waals surface area contributed by atoms with Crippen LogP contribution in [0.15, 0.2) is 30.3 Å². The highest BCUT2D eigenvalue weighted by Gasteiger charge is 2.19. The minimum absolute atomic E-state index is 0.196. The summed E-state index contributed by atoms with van der Waals surface area (Å²) >= 11 is 2.93. The molecule has 19 heavy (non-hydrogen) atoms. The van der Waals surface area contributed by atoms with Crippen molar-refractivity contribution in [3.8, 4) is 10.8 Å². The Morgan fingerprint density at radius 2 is 2.00 bits per heavy atom. The number of rotatable bonds is 3. The summed E-state index contributed by atoms with van der Waals surface area (Å²) in [7, 11) is 0. The van der Waals surface area contributed by atoms with Crippen LogP contribution in [0.25, 0.3) is 0 Å². The lowest BCUT2D eigenvalue weighted by Crippen LogP contribution is -2.44. The molecule has 1 amide bonds. The van der Waals surface area contributed by atoms with Crippen LogP contribution in [0.1, 0.15) is 18.4 Å². The molecule has 0 bridgehead atoms. The van der Waals surface area contributed by atoms with Crippen molar-refractivity contribution in [1.82, 2.24) is 10.2 Å². The fraction of sp³-hybridized carbons (Fsp3) is 0.400. The number of likely N-dealkylation sites (tertiary alicyclic amines) is 1. The molecule has 1 aromatic carbocycles. The standard InChI is InChI=1S/C15H17BrN2O/c16-9-6-15(19)17-14-7-10-18(11-8-14)12-13-4-2-1-3-5-13/h1-5,14H,7-8,10-12H2,(H,17,19). The van der Waals surface area contributed by atoms with Gasteiger partial charge in [-0.2, -0.15) is 0 Å². The minimum Gasteiger partial charge on any atom is -0.342 e. The molecule has 1 heterocycles. The highest BCUT2D eigenvalue weighted by atomic mass is 79.9. The highest BCUT2D eigenvalue weighted by molar-refractivity contribution is 9.12. The second kappa shape index (κ2) is 7.32. The van der Waals surface area contributed by atoms with Gasteiger partial charge in [0.25, 0.3) is 5.91 Å². The van der Waals surface area contributed by atoms with Gasteiger partial charge in [-0.25, -0.2) is 0 Å². The van der Waals surface area contributed by atoms with E-state index in [1.807, 2.05) is 6.07 Å². The molecule has 0 aliphatic carbocycles. The maximum Gasteiger partial charge on any atom is 0.296 e. The smallest absolute Gasteiger partial charge is 0.296 e. The second-order valence-electron chi connectivity index (χ2n) is 4.73. The Labute approximate surface area is 122 Å². The molecular formula is C15H17BrN2O. The van der Waals surface area contributed by atoms with Gasteiger partial charge in [-0.1, -0.05) is 30.3 Å². The van der Waals surface area contributed by atoms with E-state index in [0.29, 0.717) is 0 Å². The molecule has 0 unspecified atom stereocenters. The average Bonchev–Trinajstić information content (AvgIpc) is 2.42. The van der Waals surface area contributed by atoms with Gasteiger partial charge >= 0.3 is 0 Å². The number of piperidine rings is 1. The van der Waals surface area contributed by atoms with E-state index in [0.717, 1.165) is 32.5 Å². The first-order valence-corrected chi connectivity index (χ1v) is 7.25. The Bertz CT molecular complexity index is 470. The third-order valence-electron chi connectivity index (χ3n) is 3.33. The summed E-state index contributed by atoms with van der Waals surface area (Å²) in [6.45, 7) is 3.02. The molecule has 1 saturated heterocycles. The van der Waals surface area contributed by atoms with Gasteiger partial charge < -0.3 is 5.32 Å². The molecule has 1 aliphatic heterocycles. The third kappa shape index (κ3) is 4.70. The summed E-state index contributed by atoms with van der Waals surface area (Å²) in [6, 6.07) is 10.7.